The first-order valence-corrected chi connectivity index (χ1v) is 5.78. The highest BCUT2D eigenvalue weighted by Gasteiger charge is 2.17. The minimum Gasteiger partial charge on any atom is -0.444 e. The van der Waals surface area contributed by atoms with Crippen LogP contribution in [-0.2, 0) is 4.74 Å². The summed E-state index contributed by atoms with van der Waals surface area (Å²) in [5.41, 5.74) is -0.103. The summed E-state index contributed by atoms with van der Waals surface area (Å²) in [6, 6.07) is 0. The number of aliphatic hydroxyl groups is 1. The van der Waals surface area contributed by atoms with Crippen LogP contribution in [0.4, 0.5) is 4.79 Å². The third-order valence-corrected chi connectivity index (χ3v) is 2.06. The van der Waals surface area contributed by atoms with Gasteiger partial charge < -0.3 is 15.2 Å². The molecule has 0 saturated carbocycles. The SMILES string of the molecule is CC(C)(C)OC(=O)NCC(O)c1cnc(Cl)nc1. The minimum absolute atomic E-state index is 0.0138. The average molecular weight is 274 g/mol. The van der Waals surface area contributed by atoms with Crippen molar-refractivity contribution >= 4 is 17.7 Å². The molecule has 0 aliphatic heterocycles. The fourth-order valence-corrected chi connectivity index (χ4v) is 1.20. The van der Waals surface area contributed by atoms with Gasteiger partial charge in [-0.1, -0.05) is 0 Å². The first kappa shape index (κ1) is 14.7. The van der Waals surface area contributed by atoms with Gasteiger partial charge in [-0.25, -0.2) is 14.8 Å². The topological polar surface area (TPSA) is 84.3 Å². The lowest BCUT2D eigenvalue weighted by Gasteiger charge is -2.20. The molecule has 0 aromatic carbocycles. The minimum atomic E-state index is -0.908. The second kappa shape index (κ2) is 5.97. The number of amides is 1. The van der Waals surface area contributed by atoms with Gasteiger partial charge in [0.2, 0.25) is 5.28 Å². The van der Waals surface area contributed by atoms with Crippen LogP contribution in [-0.4, -0.2) is 33.3 Å². The van der Waals surface area contributed by atoms with E-state index in [1.165, 1.54) is 12.4 Å². The molecule has 0 radical (unpaired) electrons. The molecule has 1 aromatic rings. The van der Waals surface area contributed by atoms with Crippen LogP contribution in [0, 0.1) is 0 Å². The molecule has 18 heavy (non-hydrogen) atoms. The molecule has 0 bridgehead atoms. The third kappa shape index (κ3) is 5.29. The molecule has 2 N–H and O–H groups in total. The summed E-state index contributed by atoms with van der Waals surface area (Å²) in [6.07, 6.45) is 1.30. The first-order chi connectivity index (χ1) is 8.28. The number of halogens is 1. The third-order valence-electron chi connectivity index (χ3n) is 1.86. The molecule has 1 unspecified atom stereocenters. The summed E-state index contributed by atoms with van der Waals surface area (Å²) < 4.78 is 5.03. The van der Waals surface area contributed by atoms with Crippen LogP contribution in [0.3, 0.4) is 0 Å². The maximum atomic E-state index is 11.4. The van der Waals surface area contributed by atoms with Gasteiger partial charge in [0.25, 0.3) is 0 Å². The fourth-order valence-electron chi connectivity index (χ4n) is 1.11. The highest BCUT2D eigenvalue weighted by molar-refractivity contribution is 6.28. The normalized spacial score (nSPS) is 12.9. The smallest absolute Gasteiger partial charge is 0.407 e. The van der Waals surface area contributed by atoms with Gasteiger partial charge in [0, 0.05) is 18.0 Å². The van der Waals surface area contributed by atoms with Crippen LogP contribution in [0.5, 0.6) is 0 Å². The fraction of sp³-hybridized carbons (Fsp3) is 0.545. The maximum absolute atomic E-state index is 11.4. The van der Waals surface area contributed by atoms with Gasteiger partial charge in [-0.3, -0.25) is 0 Å². The summed E-state index contributed by atoms with van der Waals surface area (Å²) in [5, 5.41) is 12.3. The van der Waals surface area contributed by atoms with Gasteiger partial charge in [-0.05, 0) is 32.4 Å². The molecule has 1 heterocycles. The van der Waals surface area contributed by atoms with Gasteiger partial charge in [0.1, 0.15) is 5.60 Å². The number of rotatable bonds is 3. The molecule has 7 heteroatoms. The molecule has 1 atom stereocenters. The molecule has 1 rings (SSSR count). The molecule has 0 aliphatic rings. The number of carbonyl (C=O) groups is 1. The van der Waals surface area contributed by atoms with E-state index in [9.17, 15) is 9.90 Å². The van der Waals surface area contributed by atoms with Crippen LogP contribution >= 0.6 is 11.6 Å². The number of hydrogen-bond donors (Lipinski definition) is 2. The van der Waals surface area contributed by atoms with Crippen LogP contribution in [0.1, 0.15) is 32.4 Å². The highest BCUT2D eigenvalue weighted by atomic mass is 35.5. The predicted octanol–water partition coefficient (Wildman–Crippen LogP) is 1.69. The van der Waals surface area contributed by atoms with Crippen molar-refractivity contribution < 1.29 is 14.6 Å². The Kier molecular flexibility index (Phi) is 4.86. The number of carbonyl (C=O) groups excluding carboxylic acids is 1. The van der Waals surface area contributed by atoms with Crippen molar-refractivity contribution in [2.24, 2.45) is 0 Å². The van der Waals surface area contributed by atoms with E-state index in [0.29, 0.717) is 5.56 Å². The van der Waals surface area contributed by atoms with E-state index in [0.717, 1.165) is 0 Å². The van der Waals surface area contributed by atoms with Crippen LogP contribution < -0.4 is 5.32 Å². The van der Waals surface area contributed by atoms with Crippen LogP contribution in [0.2, 0.25) is 5.28 Å². The molecule has 0 saturated heterocycles. The Morgan fingerprint density at radius 2 is 2.06 bits per heavy atom. The lowest BCUT2D eigenvalue weighted by molar-refractivity contribution is 0.0491. The molecule has 6 nitrogen and oxygen atoms in total. The maximum Gasteiger partial charge on any atom is 0.407 e. The summed E-state index contributed by atoms with van der Waals surface area (Å²) in [7, 11) is 0. The lowest BCUT2D eigenvalue weighted by atomic mass is 10.2. The number of hydrogen-bond acceptors (Lipinski definition) is 5. The van der Waals surface area contributed by atoms with Crippen molar-refractivity contribution in [1.29, 1.82) is 0 Å². The molecule has 100 valence electrons. The quantitative estimate of drug-likeness (QED) is 0.819. The summed E-state index contributed by atoms with van der Waals surface area (Å²) in [5.74, 6) is 0. The van der Waals surface area contributed by atoms with Gasteiger partial charge in [0.15, 0.2) is 0 Å². The van der Waals surface area contributed by atoms with E-state index in [2.05, 4.69) is 15.3 Å². The van der Waals surface area contributed by atoms with Crippen molar-refractivity contribution in [2.45, 2.75) is 32.5 Å². The lowest BCUT2D eigenvalue weighted by Crippen LogP contribution is -2.34. The number of nitrogens with zero attached hydrogens (tertiary/aromatic N) is 2. The van der Waals surface area contributed by atoms with E-state index in [4.69, 9.17) is 16.3 Å². The number of aromatic nitrogens is 2. The van der Waals surface area contributed by atoms with Crippen molar-refractivity contribution in [3.05, 3.63) is 23.2 Å². The number of aliphatic hydroxyl groups excluding tert-OH is 1. The van der Waals surface area contributed by atoms with E-state index < -0.39 is 17.8 Å². The molecular formula is C11H16ClN3O3. The summed E-state index contributed by atoms with van der Waals surface area (Å²) in [6.45, 7) is 5.29. The largest absolute Gasteiger partial charge is 0.444 e. The molecule has 0 fully saturated rings. The Balaban J connectivity index is 2.44. The van der Waals surface area contributed by atoms with Gasteiger partial charge in [-0.2, -0.15) is 0 Å². The number of nitrogens with one attached hydrogen (secondary N) is 1. The Morgan fingerprint density at radius 3 is 2.56 bits per heavy atom. The molecular weight excluding hydrogens is 258 g/mol. The van der Waals surface area contributed by atoms with E-state index in [1.807, 2.05) is 0 Å². The molecule has 0 aliphatic carbocycles. The van der Waals surface area contributed by atoms with Crippen molar-refractivity contribution in [1.82, 2.24) is 15.3 Å². The summed E-state index contributed by atoms with van der Waals surface area (Å²) >= 11 is 5.52. The summed E-state index contributed by atoms with van der Waals surface area (Å²) in [4.78, 5) is 18.8. The van der Waals surface area contributed by atoms with Crippen molar-refractivity contribution in [3.8, 4) is 0 Å². The number of alkyl carbamates (subject to hydrolysis) is 1. The van der Waals surface area contributed by atoms with Crippen LogP contribution in [0.15, 0.2) is 12.4 Å². The molecule has 1 amide bonds. The van der Waals surface area contributed by atoms with Gasteiger partial charge in [-0.15, -0.1) is 0 Å². The number of ether oxygens (including phenoxy) is 1. The Hall–Kier alpha value is -1.40. The first-order valence-electron chi connectivity index (χ1n) is 5.40. The van der Waals surface area contributed by atoms with E-state index in [1.54, 1.807) is 20.8 Å². The monoisotopic (exact) mass is 273 g/mol. The predicted molar refractivity (Wildman–Crippen MR) is 66.2 cm³/mol. The van der Waals surface area contributed by atoms with Crippen LogP contribution in [0.25, 0.3) is 0 Å². The van der Waals surface area contributed by atoms with E-state index >= 15 is 0 Å². The van der Waals surface area contributed by atoms with Crippen molar-refractivity contribution in [3.63, 3.8) is 0 Å². The second-order valence-corrected chi connectivity index (χ2v) is 5.02. The van der Waals surface area contributed by atoms with Gasteiger partial charge in [0.05, 0.1) is 12.6 Å². The Bertz CT molecular complexity index is 403. The Morgan fingerprint density at radius 1 is 1.50 bits per heavy atom. The zero-order valence-corrected chi connectivity index (χ0v) is 11.2. The zero-order chi connectivity index (χ0) is 13.8. The average Bonchev–Trinajstić information content (AvgIpc) is 2.24. The second-order valence-electron chi connectivity index (χ2n) is 4.68. The van der Waals surface area contributed by atoms with E-state index in [-0.39, 0.29) is 11.8 Å². The molecule has 1 aromatic heterocycles. The van der Waals surface area contributed by atoms with Gasteiger partial charge >= 0.3 is 6.09 Å². The Labute approximate surface area is 110 Å². The van der Waals surface area contributed by atoms with Crippen molar-refractivity contribution in [2.75, 3.05) is 6.54 Å². The standard InChI is InChI=1S/C11H16ClN3O3/c1-11(2,3)18-10(17)15-6-8(16)7-4-13-9(12)14-5-7/h4-5,8,16H,6H2,1-3H3,(H,15,17). The molecule has 0 spiro atoms. The zero-order valence-electron chi connectivity index (χ0n) is 10.5. The highest BCUT2D eigenvalue weighted by Crippen LogP contribution is 2.11.